The van der Waals surface area contributed by atoms with E-state index in [0.717, 1.165) is 4.90 Å². The maximum Gasteiger partial charge on any atom is 0.269 e. The molecule has 4 rings (SSSR count). The Morgan fingerprint density at radius 1 is 0.960 bits per heavy atom. The molecule has 7 nitrogen and oxygen atoms in total. The Balaban J connectivity index is 1.67. The normalized spacial score (nSPS) is 13.2. The van der Waals surface area contributed by atoms with E-state index in [1.165, 1.54) is 23.5 Å². The van der Waals surface area contributed by atoms with Gasteiger partial charge >= 0.3 is 0 Å². The van der Waals surface area contributed by atoms with Gasteiger partial charge in [0, 0.05) is 23.1 Å². The van der Waals surface area contributed by atoms with Crippen LogP contribution in [0.5, 0.6) is 0 Å². The lowest BCUT2D eigenvalue weighted by atomic mass is 10.1. The molecular weight excluding hydrogens is 342 g/mol. The first-order valence-electron chi connectivity index (χ1n) is 7.24. The molecule has 1 aliphatic rings. The minimum absolute atomic E-state index is 0.0143. The molecule has 2 aromatic carbocycles. The molecule has 0 unspecified atom stereocenters. The van der Waals surface area contributed by atoms with E-state index in [1.54, 1.807) is 41.8 Å². The first-order valence-corrected chi connectivity index (χ1v) is 8.12. The van der Waals surface area contributed by atoms with Gasteiger partial charge in [-0.3, -0.25) is 19.7 Å². The van der Waals surface area contributed by atoms with Gasteiger partial charge in [0.2, 0.25) is 0 Å². The summed E-state index contributed by atoms with van der Waals surface area (Å²) < 4.78 is 0. The first kappa shape index (κ1) is 15.2. The van der Waals surface area contributed by atoms with Crippen LogP contribution in [0.15, 0.2) is 53.9 Å². The summed E-state index contributed by atoms with van der Waals surface area (Å²) in [7, 11) is 0. The summed E-state index contributed by atoms with van der Waals surface area (Å²) in [6.07, 6.45) is 0. The zero-order valence-electron chi connectivity index (χ0n) is 12.6. The smallest absolute Gasteiger partial charge is 0.268 e. The average molecular weight is 351 g/mol. The first-order chi connectivity index (χ1) is 12.1. The highest BCUT2D eigenvalue weighted by molar-refractivity contribution is 7.14. The van der Waals surface area contributed by atoms with Gasteiger partial charge in [0.15, 0.2) is 5.13 Å². The van der Waals surface area contributed by atoms with Gasteiger partial charge in [0.25, 0.3) is 17.5 Å². The molecule has 3 aromatic rings. The van der Waals surface area contributed by atoms with Crippen LogP contribution >= 0.6 is 11.3 Å². The summed E-state index contributed by atoms with van der Waals surface area (Å²) in [6.45, 7) is 0. The number of imide groups is 1. The monoisotopic (exact) mass is 351 g/mol. The van der Waals surface area contributed by atoms with Crippen molar-refractivity contribution in [3.05, 3.63) is 75.2 Å². The molecule has 2 heterocycles. The number of non-ortho nitro benzene ring substituents is 1. The lowest BCUT2D eigenvalue weighted by Gasteiger charge is -2.08. The van der Waals surface area contributed by atoms with Crippen LogP contribution in [-0.4, -0.2) is 21.7 Å². The number of anilines is 1. The van der Waals surface area contributed by atoms with Crippen molar-refractivity contribution in [2.45, 2.75) is 0 Å². The number of benzene rings is 2. The van der Waals surface area contributed by atoms with Gasteiger partial charge in [-0.2, -0.15) is 0 Å². The van der Waals surface area contributed by atoms with Crippen molar-refractivity contribution in [3.63, 3.8) is 0 Å². The summed E-state index contributed by atoms with van der Waals surface area (Å²) >= 11 is 1.17. The van der Waals surface area contributed by atoms with Crippen LogP contribution in [0.3, 0.4) is 0 Å². The largest absolute Gasteiger partial charge is 0.269 e. The van der Waals surface area contributed by atoms with Crippen molar-refractivity contribution in [2.75, 3.05) is 4.90 Å². The predicted octanol–water partition coefficient (Wildman–Crippen LogP) is 3.52. The third-order valence-corrected chi connectivity index (χ3v) is 4.68. The highest BCUT2D eigenvalue weighted by atomic mass is 32.1. The summed E-state index contributed by atoms with van der Waals surface area (Å²) in [4.78, 5) is 40.6. The topological polar surface area (TPSA) is 93.4 Å². The standard InChI is InChI=1S/C17H9N3O4S/c21-15-12-3-1-2-4-13(12)16(22)19(15)17-18-14(9-25-17)10-5-7-11(8-6-10)20(23)24/h1-9H. The highest BCUT2D eigenvalue weighted by Gasteiger charge is 2.37. The molecule has 25 heavy (non-hydrogen) atoms. The molecule has 0 spiro atoms. The fourth-order valence-corrected chi connectivity index (χ4v) is 3.44. The Labute approximate surface area is 145 Å². The average Bonchev–Trinajstić information content (AvgIpc) is 3.19. The van der Waals surface area contributed by atoms with Crippen molar-refractivity contribution in [1.82, 2.24) is 4.98 Å². The molecule has 0 N–H and O–H groups in total. The summed E-state index contributed by atoms with van der Waals surface area (Å²) in [5.41, 5.74) is 1.93. The molecule has 0 aliphatic carbocycles. The number of fused-ring (bicyclic) bond motifs is 1. The van der Waals surface area contributed by atoms with Gasteiger partial charge in [-0.25, -0.2) is 9.88 Å². The summed E-state index contributed by atoms with van der Waals surface area (Å²) in [5, 5.41) is 12.7. The number of carbonyl (C=O) groups excluding carboxylic acids is 2. The Kier molecular flexibility index (Phi) is 3.40. The van der Waals surface area contributed by atoms with Gasteiger partial charge in [-0.15, -0.1) is 11.3 Å². The zero-order chi connectivity index (χ0) is 17.6. The second kappa shape index (κ2) is 5.60. The lowest BCUT2D eigenvalue weighted by molar-refractivity contribution is -0.384. The zero-order valence-corrected chi connectivity index (χ0v) is 13.4. The molecule has 1 aliphatic heterocycles. The molecule has 0 fully saturated rings. The number of nitro groups is 1. The second-order valence-electron chi connectivity index (χ2n) is 5.31. The van der Waals surface area contributed by atoms with Gasteiger partial charge in [-0.05, 0) is 24.3 Å². The molecule has 1 aromatic heterocycles. The minimum Gasteiger partial charge on any atom is -0.268 e. The number of carbonyl (C=O) groups is 2. The van der Waals surface area contributed by atoms with Crippen LogP contribution < -0.4 is 4.90 Å². The quantitative estimate of drug-likeness (QED) is 0.409. The molecule has 8 heteroatoms. The number of rotatable bonds is 3. The fraction of sp³-hybridized carbons (Fsp3) is 0. The molecule has 0 bridgehead atoms. The predicted molar refractivity (Wildman–Crippen MR) is 91.8 cm³/mol. The Morgan fingerprint density at radius 3 is 2.12 bits per heavy atom. The second-order valence-corrected chi connectivity index (χ2v) is 6.15. The van der Waals surface area contributed by atoms with Gasteiger partial charge in [-0.1, -0.05) is 12.1 Å². The number of thiazole rings is 1. The number of aromatic nitrogens is 1. The molecule has 0 saturated carbocycles. The van der Waals surface area contributed by atoms with Crippen molar-refractivity contribution in [2.24, 2.45) is 0 Å². The van der Waals surface area contributed by atoms with Crippen LogP contribution in [0.4, 0.5) is 10.8 Å². The van der Waals surface area contributed by atoms with Crippen LogP contribution in [0, 0.1) is 10.1 Å². The third-order valence-electron chi connectivity index (χ3n) is 3.85. The SMILES string of the molecule is O=C1c2ccccc2C(=O)N1c1nc(-c2ccc([N+](=O)[O-])cc2)cs1. The van der Waals surface area contributed by atoms with E-state index in [1.807, 2.05) is 0 Å². The third kappa shape index (κ3) is 2.39. The molecular formula is C17H9N3O4S. The number of nitro benzene ring substituents is 1. The number of amides is 2. The van der Waals surface area contributed by atoms with Crippen LogP contribution in [0.25, 0.3) is 11.3 Å². The van der Waals surface area contributed by atoms with E-state index < -0.39 is 16.7 Å². The maximum absolute atomic E-state index is 12.5. The number of hydrogen-bond acceptors (Lipinski definition) is 6. The van der Waals surface area contributed by atoms with E-state index in [4.69, 9.17) is 0 Å². The van der Waals surface area contributed by atoms with Crippen molar-refractivity contribution in [1.29, 1.82) is 0 Å². The van der Waals surface area contributed by atoms with E-state index in [0.29, 0.717) is 22.4 Å². The van der Waals surface area contributed by atoms with E-state index in [2.05, 4.69) is 4.98 Å². The van der Waals surface area contributed by atoms with Gasteiger partial charge < -0.3 is 0 Å². The highest BCUT2D eigenvalue weighted by Crippen LogP contribution is 2.33. The molecule has 0 atom stereocenters. The molecule has 0 saturated heterocycles. The van der Waals surface area contributed by atoms with Crippen LogP contribution in [-0.2, 0) is 0 Å². The van der Waals surface area contributed by atoms with Crippen molar-refractivity contribution in [3.8, 4) is 11.3 Å². The van der Waals surface area contributed by atoms with E-state index in [9.17, 15) is 19.7 Å². The molecule has 122 valence electrons. The van der Waals surface area contributed by atoms with Crippen molar-refractivity contribution >= 4 is 34.0 Å². The summed E-state index contributed by atoms with van der Waals surface area (Å²) in [5.74, 6) is -0.796. The number of nitrogens with zero attached hydrogens (tertiary/aromatic N) is 3. The minimum atomic E-state index is -0.477. The van der Waals surface area contributed by atoms with Crippen LogP contribution in [0.2, 0.25) is 0 Å². The summed E-state index contributed by atoms with van der Waals surface area (Å²) in [6, 6.07) is 12.6. The maximum atomic E-state index is 12.5. The van der Waals surface area contributed by atoms with Crippen molar-refractivity contribution < 1.29 is 14.5 Å². The Hall–Kier alpha value is -3.39. The van der Waals surface area contributed by atoms with E-state index in [-0.39, 0.29) is 10.8 Å². The molecule has 2 amide bonds. The Bertz CT molecular complexity index is 991. The number of hydrogen-bond donors (Lipinski definition) is 0. The lowest BCUT2D eigenvalue weighted by Crippen LogP contribution is -2.29. The fourth-order valence-electron chi connectivity index (χ4n) is 2.62. The van der Waals surface area contributed by atoms with Crippen LogP contribution in [0.1, 0.15) is 20.7 Å². The Morgan fingerprint density at radius 2 is 1.56 bits per heavy atom. The van der Waals surface area contributed by atoms with Gasteiger partial charge in [0.1, 0.15) is 0 Å². The van der Waals surface area contributed by atoms with Gasteiger partial charge in [0.05, 0.1) is 21.7 Å². The van der Waals surface area contributed by atoms with E-state index >= 15 is 0 Å². The molecule has 0 radical (unpaired) electrons.